The van der Waals surface area contributed by atoms with Crippen molar-refractivity contribution in [2.45, 2.75) is 30.4 Å². The summed E-state index contributed by atoms with van der Waals surface area (Å²) in [5, 5.41) is 0. The molecular formula is C13H7F13O. The highest BCUT2D eigenvalue weighted by molar-refractivity contribution is 5.22. The monoisotopic (exact) mass is 426 g/mol. The molecule has 0 spiro atoms. The van der Waals surface area contributed by atoms with Crippen LogP contribution in [-0.4, -0.2) is 37.0 Å². The molecule has 0 bridgehead atoms. The number of hydrogen-bond donors (Lipinski definition) is 0. The molecule has 0 N–H and O–H groups in total. The number of ether oxygens (including phenoxy) is 1. The highest BCUT2D eigenvalue weighted by Crippen LogP contribution is 2.65. The summed E-state index contributed by atoms with van der Waals surface area (Å²) in [7, 11) is 0. The maximum absolute atomic E-state index is 13.7. The molecule has 1 aromatic carbocycles. The zero-order valence-corrected chi connectivity index (χ0v) is 12.4. The van der Waals surface area contributed by atoms with E-state index in [0.29, 0.717) is 12.1 Å². The Kier molecular flexibility index (Phi) is 5.67. The summed E-state index contributed by atoms with van der Waals surface area (Å²) < 4.78 is 172. The zero-order chi connectivity index (χ0) is 21.5. The van der Waals surface area contributed by atoms with Gasteiger partial charge in [0.1, 0.15) is 12.4 Å². The van der Waals surface area contributed by atoms with Gasteiger partial charge in [-0.25, -0.2) is 0 Å². The van der Waals surface area contributed by atoms with Crippen LogP contribution in [0, 0.1) is 5.41 Å². The Balaban J connectivity index is 3.67. The van der Waals surface area contributed by atoms with Crippen molar-refractivity contribution in [1.29, 1.82) is 0 Å². The summed E-state index contributed by atoms with van der Waals surface area (Å²) in [6.45, 7) is -3.28. The molecule has 1 rings (SSSR count). The van der Waals surface area contributed by atoms with Crippen molar-refractivity contribution in [2.24, 2.45) is 5.41 Å². The average molecular weight is 426 g/mol. The van der Waals surface area contributed by atoms with E-state index in [1.54, 1.807) is 0 Å². The second kappa shape index (κ2) is 6.62. The highest BCUT2D eigenvalue weighted by Gasteiger charge is 2.92. The molecule has 0 saturated heterocycles. The van der Waals surface area contributed by atoms with E-state index < -0.39 is 48.1 Å². The lowest BCUT2D eigenvalue weighted by Crippen LogP contribution is -2.72. The summed E-state index contributed by atoms with van der Waals surface area (Å²) in [6.07, 6.45) is -22.0. The van der Waals surface area contributed by atoms with Crippen molar-refractivity contribution in [3.63, 3.8) is 0 Å². The number of benzene rings is 1. The maximum Gasteiger partial charge on any atom is 0.459 e. The van der Waals surface area contributed by atoms with E-state index in [1.165, 1.54) is 6.07 Å². The third-order valence-corrected chi connectivity index (χ3v) is 3.45. The lowest BCUT2D eigenvalue weighted by Gasteiger charge is -2.44. The number of para-hydroxylation sites is 1. The topological polar surface area (TPSA) is 9.23 Å². The first-order chi connectivity index (χ1) is 11.8. The third kappa shape index (κ3) is 3.61. The molecule has 0 aliphatic heterocycles. The molecule has 0 amide bonds. The Morgan fingerprint density at radius 2 is 0.963 bits per heavy atom. The Labute approximate surface area is 141 Å². The van der Waals surface area contributed by atoms with Crippen molar-refractivity contribution >= 4 is 0 Å². The Bertz CT molecular complexity index is 612. The maximum atomic E-state index is 13.7. The van der Waals surface area contributed by atoms with Gasteiger partial charge in [0, 0.05) is 0 Å². The first-order valence-electron chi connectivity index (χ1n) is 6.46. The van der Waals surface area contributed by atoms with Crippen LogP contribution in [0.4, 0.5) is 57.1 Å². The van der Waals surface area contributed by atoms with Gasteiger partial charge < -0.3 is 4.74 Å². The lowest BCUT2D eigenvalue weighted by molar-refractivity contribution is -0.463. The summed E-state index contributed by atoms with van der Waals surface area (Å²) in [4.78, 5) is 0. The predicted molar refractivity (Wildman–Crippen MR) is 62.4 cm³/mol. The number of hydrogen-bond acceptors (Lipinski definition) is 1. The molecule has 0 radical (unpaired) electrons. The van der Waals surface area contributed by atoms with Gasteiger partial charge in [-0.2, -0.15) is 57.1 Å². The standard InChI is InChI=1S/C13H7F13O/c14-9(15,10(16,17)13(24,25)26)8(11(18,19)20,12(21,22)23)6-27-7-4-2-1-3-5-7/h1-5H,6H2. The van der Waals surface area contributed by atoms with Gasteiger partial charge in [-0.1, -0.05) is 18.2 Å². The summed E-state index contributed by atoms with van der Waals surface area (Å²) in [5.41, 5.74) is -6.86. The summed E-state index contributed by atoms with van der Waals surface area (Å²) in [5.74, 6) is -16.3. The minimum absolute atomic E-state index is 0.678. The van der Waals surface area contributed by atoms with Gasteiger partial charge in [0.05, 0.1) is 0 Å². The first-order valence-corrected chi connectivity index (χ1v) is 6.46. The molecular weight excluding hydrogens is 419 g/mol. The molecule has 14 heteroatoms. The van der Waals surface area contributed by atoms with E-state index in [2.05, 4.69) is 4.74 Å². The summed E-state index contributed by atoms with van der Waals surface area (Å²) >= 11 is 0. The van der Waals surface area contributed by atoms with E-state index in [0.717, 1.165) is 12.1 Å². The fourth-order valence-corrected chi connectivity index (χ4v) is 1.93. The molecule has 1 nitrogen and oxygen atoms in total. The van der Waals surface area contributed by atoms with Crippen molar-refractivity contribution in [2.75, 3.05) is 6.61 Å². The van der Waals surface area contributed by atoms with E-state index >= 15 is 0 Å². The molecule has 0 aliphatic rings. The van der Waals surface area contributed by atoms with Crippen LogP contribution in [0.3, 0.4) is 0 Å². The van der Waals surface area contributed by atoms with Gasteiger partial charge in [0.25, 0.3) is 5.41 Å². The van der Waals surface area contributed by atoms with Crippen molar-refractivity contribution < 1.29 is 61.8 Å². The summed E-state index contributed by atoms with van der Waals surface area (Å²) in [6, 6.07) is 4.48. The van der Waals surface area contributed by atoms with E-state index in [1.807, 2.05) is 0 Å². The largest absolute Gasteiger partial charge is 0.492 e. The molecule has 0 aliphatic carbocycles. The van der Waals surface area contributed by atoms with Gasteiger partial charge in [-0.05, 0) is 12.1 Å². The van der Waals surface area contributed by atoms with E-state index in [4.69, 9.17) is 0 Å². The third-order valence-electron chi connectivity index (χ3n) is 3.45. The first kappa shape index (κ1) is 23.1. The van der Waals surface area contributed by atoms with Gasteiger partial charge in [0.2, 0.25) is 0 Å². The molecule has 0 saturated carbocycles. The molecule has 1 aromatic rings. The molecule has 0 aromatic heterocycles. The fraction of sp³-hybridized carbons (Fsp3) is 0.538. The van der Waals surface area contributed by atoms with Gasteiger partial charge in [0.15, 0.2) is 0 Å². The second-order valence-corrected chi connectivity index (χ2v) is 5.15. The van der Waals surface area contributed by atoms with Crippen molar-refractivity contribution in [3.05, 3.63) is 30.3 Å². The Hall–Kier alpha value is -1.89. The van der Waals surface area contributed by atoms with Crippen LogP contribution < -0.4 is 4.74 Å². The van der Waals surface area contributed by atoms with E-state index in [-0.39, 0.29) is 0 Å². The normalized spacial score (nSPS) is 15.0. The molecule has 0 unspecified atom stereocenters. The lowest BCUT2D eigenvalue weighted by atomic mass is 9.76. The smallest absolute Gasteiger partial charge is 0.459 e. The van der Waals surface area contributed by atoms with Crippen LogP contribution in [0.5, 0.6) is 5.75 Å². The van der Waals surface area contributed by atoms with Crippen LogP contribution in [0.15, 0.2) is 30.3 Å². The van der Waals surface area contributed by atoms with Gasteiger partial charge in [-0.15, -0.1) is 0 Å². The van der Waals surface area contributed by atoms with Gasteiger partial charge >= 0.3 is 30.4 Å². The number of rotatable bonds is 5. The molecule has 0 fully saturated rings. The minimum Gasteiger partial charge on any atom is -0.492 e. The van der Waals surface area contributed by atoms with Crippen LogP contribution in [-0.2, 0) is 0 Å². The Morgan fingerprint density at radius 1 is 0.556 bits per heavy atom. The fourth-order valence-electron chi connectivity index (χ4n) is 1.93. The average Bonchev–Trinajstić information content (AvgIpc) is 2.44. The van der Waals surface area contributed by atoms with Crippen LogP contribution in [0.25, 0.3) is 0 Å². The molecule has 0 heterocycles. The molecule has 156 valence electrons. The molecule has 0 atom stereocenters. The SMILES string of the molecule is FC(F)(F)C(F)(F)C(F)(F)C(COc1ccccc1)(C(F)(F)F)C(F)(F)F. The number of halogens is 13. The molecule has 27 heavy (non-hydrogen) atoms. The highest BCUT2D eigenvalue weighted by atomic mass is 19.4. The minimum atomic E-state index is -7.69. The zero-order valence-electron chi connectivity index (χ0n) is 12.4. The van der Waals surface area contributed by atoms with Crippen molar-refractivity contribution in [1.82, 2.24) is 0 Å². The Morgan fingerprint density at radius 3 is 1.30 bits per heavy atom. The van der Waals surface area contributed by atoms with Crippen LogP contribution >= 0.6 is 0 Å². The van der Waals surface area contributed by atoms with Crippen LogP contribution in [0.2, 0.25) is 0 Å². The van der Waals surface area contributed by atoms with Crippen molar-refractivity contribution in [3.8, 4) is 5.75 Å². The predicted octanol–water partition coefficient (Wildman–Crippen LogP) is 6.01. The van der Waals surface area contributed by atoms with Crippen LogP contribution in [0.1, 0.15) is 0 Å². The van der Waals surface area contributed by atoms with E-state index in [9.17, 15) is 57.1 Å². The van der Waals surface area contributed by atoms with Gasteiger partial charge in [-0.3, -0.25) is 0 Å². The second-order valence-electron chi connectivity index (χ2n) is 5.15. The number of alkyl halides is 13. The quantitative estimate of drug-likeness (QED) is 0.525.